The van der Waals surface area contributed by atoms with Crippen LogP contribution in [-0.4, -0.2) is 56.3 Å². The molecule has 0 aliphatic heterocycles. The van der Waals surface area contributed by atoms with Crippen molar-refractivity contribution >= 4 is 17.6 Å². The lowest BCUT2D eigenvalue weighted by molar-refractivity contribution is -0.906. The Bertz CT molecular complexity index is 890. The van der Waals surface area contributed by atoms with E-state index in [1.807, 2.05) is 12.1 Å². The summed E-state index contributed by atoms with van der Waals surface area (Å²) < 4.78 is 12.1. The smallest absolute Gasteiger partial charge is 0.338 e. The zero-order valence-electron chi connectivity index (χ0n) is 22.0. The molecule has 0 unspecified atom stereocenters. The lowest BCUT2D eigenvalue weighted by atomic mass is 10.1. The van der Waals surface area contributed by atoms with E-state index < -0.39 is 0 Å². The number of hydrogen-bond acceptors (Lipinski definition) is 4. The van der Waals surface area contributed by atoms with Crippen molar-refractivity contribution in [1.29, 1.82) is 0 Å². The summed E-state index contributed by atoms with van der Waals surface area (Å²) in [6, 6.07) is 13.9. The van der Waals surface area contributed by atoms with Crippen LogP contribution in [0.1, 0.15) is 80.0 Å². The van der Waals surface area contributed by atoms with Crippen LogP contribution in [0.15, 0.2) is 48.5 Å². The van der Waals surface area contributed by atoms with Crippen molar-refractivity contribution in [2.45, 2.75) is 59.3 Å². The number of rotatable bonds is 16. The molecule has 6 heteroatoms. The Labute approximate surface area is 211 Å². The Morgan fingerprint density at radius 1 is 0.771 bits per heavy atom. The van der Waals surface area contributed by atoms with Crippen LogP contribution in [-0.2, 0) is 4.74 Å². The molecule has 0 aliphatic rings. The molecule has 35 heavy (non-hydrogen) atoms. The minimum absolute atomic E-state index is 0.209. The number of amides is 1. The Morgan fingerprint density at radius 2 is 1.37 bits per heavy atom. The second-order valence-corrected chi connectivity index (χ2v) is 9.28. The molecule has 0 bridgehead atoms. The zero-order chi connectivity index (χ0) is 25.5. The number of nitrogens with zero attached hydrogens (tertiary/aromatic N) is 1. The van der Waals surface area contributed by atoms with Gasteiger partial charge in [-0.25, -0.2) is 4.79 Å². The van der Waals surface area contributed by atoms with Gasteiger partial charge in [0.25, 0.3) is 5.91 Å². The highest BCUT2D eigenvalue weighted by Crippen LogP contribution is 2.16. The topological polar surface area (TPSA) is 64.6 Å². The fraction of sp³-hybridized carbons (Fsp3) is 0.517. The second-order valence-electron chi connectivity index (χ2n) is 9.28. The number of likely N-dealkylation sites (N-methyl/N-ethyl adjacent to an activating group) is 1. The molecule has 1 amide bonds. The lowest BCUT2D eigenvalue weighted by Crippen LogP contribution is -2.46. The maximum Gasteiger partial charge on any atom is 0.338 e. The molecule has 2 rings (SSSR count). The van der Waals surface area contributed by atoms with E-state index in [-0.39, 0.29) is 11.9 Å². The first kappa shape index (κ1) is 28.4. The zero-order valence-corrected chi connectivity index (χ0v) is 22.0. The van der Waals surface area contributed by atoms with Crippen LogP contribution in [0, 0.1) is 0 Å². The van der Waals surface area contributed by atoms with E-state index in [9.17, 15) is 9.59 Å². The number of nitrogens with one attached hydrogen (secondary N) is 1. The van der Waals surface area contributed by atoms with E-state index in [0.717, 1.165) is 36.3 Å². The largest absolute Gasteiger partial charge is 0.494 e. The van der Waals surface area contributed by atoms with Gasteiger partial charge in [-0.3, -0.25) is 4.79 Å². The van der Waals surface area contributed by atoms with Crippen molar-refractivity contribution in [3.8, 4) is 5.75 Å². The Hall–Kier alpha value is -2.86. The van der Waals surface area contributed by atoms with Gasteiger partial charge < -0.3 is 19.3 Å². The van der Waals surface area contributed by atoms with Crippen LogP contribution < -0.4 is 10.1 Å². The number of benzene rings is 2. The van der Waals surface area contributed by atoms with Gasteiger partial charge in [-0.1, -0.05) is 39.0 Å². The van der Waals surface area contributed by atoms with Gasteiger partial charge >= 0.3 is 5.97 Å². The van der Waals surface area contributed by atoms with Crippen molar-refractivity contribution in [3.05, 3.63) is 59.7 Å². The van der Waals surface area contributed by atoms with Crippen LogP contribution in [0.4, 0.5) is 5.69 Å². The molecule has 6 nitrogen and oxygen atoms in total. The van der Waals surface area contributed by atoms with Crippen molar-refractivity contribution in [2.24, 2.45) is 0 Å². The van der Waals surface area contributed by atoms with E-state index in [1.165, 1.54) is 32.1 Å². The van der Waals surface area contributed by atoms with Crippen LogP contribution in [0.25, 0.3) is 0 Å². The van der Waals surface area contributed by atoms with Gasteiger partial charge in [0.05, 0.1) is 32.3 Å². The number of unbranched alkanes of at least 4 members (excludes halogenated alkanes) is 5. The quantitative estimate of drug-likeness (QED) is 0.172. The van der Waals surface area contributed by atoms with Gasteiger partial charge in [0.1, 0.15) is 18.9 Å². The summed E-state index contributed by atoms with van der Waals surface area (Å²) in [7, 11) is 2.16. The molecule has 0 fully saturated rings. The molecule has 0 radical (unpaired) electrons. The number of hydrogen-bond donors (Lipinski definition) is 1. The Morgan fingerprint density at radius 3 is 2.00 bits per heavy atom. The maximum absolute atomic E-state index is 12.6. The van der Waals surface area contributed by atoms with Crippen LogP contribution in [0.3, 0.4) is 0 Å². The molecule has 1 N–H and O–H groups in total. The fourth-order valence-electron chi connectivity index (χ4n) is 3.65. The molecule has 0 aromatic heterocycles. The third kappa shape index (κ3) is 10.1. The normalized spacial score (nSPS) is 11.2. The molecular weight excluding hydrogens is 440 g/mol. The summed E-state index contributed by atoms with van der Waals surface area (Å²) in [5.74, 6) is 0.215. The summed E-state index contributed by atoms with van der Waals surface area (Å²) in [6.07, 6.45) is 7.35. The van der Waals surface area contributed by atoms with Gasteiger partial charge in [-0.05, 0) is 68.8 Å². The SMILES string of the molecule is CCCCCCCCOc1ccc(C(=O)Nc2ccc(C(=O)OCC[N+](C)(CC)CC)cc2)cc1. The molecule has 0 aliphatic carbocycles. The van der Waals surface area contributed by atoms with Crippen molar-refractivity contribution < 1.29 is 23.5 Å². The summed E-state index contributed by atoms with van der Waals surface area (Å²) in [5, 5.41) is 2.86. The number of carbonyl (C=O) groups excluding carboxylic acids is 2. The van der Waals surface area contributed by atoms with Crippen LogP contribution >= 0.6 is 0 Å². The molecular formula is C29H43N2O4+. The average molecular weight is 484 g/mol. The van der Waals surface area contributed by atoms with Gasteiger partial charge in [0.2, 0.25) is 0 Å². The van der Waals surface area contributed by atoms with E-state index in [4.69, 9.17) is 9.47 Å². The van der Waals surface area contributed by atoms with E-state index in [2.05, 4.69) is 33.1 Å². The number of esters is 1. The minimum Gasteiger partial charge on any atom is -0.494 e. The number of anilines is 1. The van der Waals surface area contributed by atoms with E-state index >= 15 is 0 Å². The van der Waals surface area contributed by atoms with Crippen LogP contribution in [0.5, 0.6) is 5.75 Å². The Balaban J connectivity index is 1.76. The number of carbonyl (C=O) groups is 2. The molecule has 0 saturated heterocycles. The maximum atomic E-state index is 12.6. The standard InChI is InChI=1S/C29H42N2O4/c1-5-8-9-10-11-12-22-34-27-19-15-24(16-20-27)28(32)30-26-17-13-25(14-18-26)29(33)35-23-21-31(4,6-2)7-3/h13-20H,5-12,21-23H2,1-4H3/p+1. The number of ether oxygens (including phenoxy) is 2. The summed E-state index contributed by atoms with van der Waals surface area (Å²) in [4.78, 5) is 24.9. The second kappa shape index (κ2) is 15.2. The highest BCUT2D eigenvalue weighted by molar-refractivity contribution is 6.04. The van der Waals surface area contributed by atoms with Crippen molar-refractivity contribution in [1.82, 2.24) is 0 Å². The van der Waals surface area contributed by atoms with Crippen molar-refractivity contribution in [2.75, 3.05) is 45.2 Å². The van der Waals surface area contributed by atoms with Gasteiger partial charge in [-0.2, -0.15) is 0 Å². The molecule has 192 valence electrons. The van der Waals surface area contributed by atoms with Gasteiger partial charge in [0.15, 0.2) is 0 Å². The molecule has 2 aromatic rings. The molecule has 0 saturated carbocycles. The highest BCUT2D eigenvalue weighted by atomic mass is 16.5. The molecule has 0 heterocycles. The molecule has 2 aromatic carbocycles. The number of quaternary nitrogens is 1. The van der Waals surface area contributed by atoms with E-state index in [1.54, 1.807) is 36.4 Å². The monoisotopic (exact) mass is 483 g/mol. The first-order valence-electron chi connectivity index (χ1n) is 13.1. The van der Waals surface area contributed by atoms with Crippen molar-refractivity contribution in [3.63, 3.8) is 0 Å². The van der Waals surface area contributed by atoms with Gasteiger partial charge in [0, 0.05) is 11.3 Å². The first-order valence-corrected chi connectivity index (χ1v) is 13.1. The summed E-state index contributed by atoms with van der Waals surface area (Å²) >= 11 is 0. The summed E-state index contributed by atoms with van der Waals surface area (Å²) in [6.45, 7) is 10.4. The predicted molar refractivity (Wildman–Crippen MR) is 142 cm³/mol. The average Bonchev–Trinajstić information content (AvgIpc) is 2.88. The first-order chi connectivity index (χ1) is 16.9. The molecule has 0 spiro atoms. The Kier molecular flexibility index (Phi) is 12.3. The van der Waals surface area contributed by atoms with E-state index in [0.29, 0.717) is 30.0 Å². The fourth-order valence-corrected chi connectivity index (χ4v) is 3.65. The predicted octanol–water partition coefficient (Wildman–Crippen LogP) is 6.32. The van der Waals surface area contributed by atoms with Crippen LogP contribution in [0.2, 0.25) is 0 Å². The molecule has 0 atom stereocenters. The summed E-state index contributed by atoms with van der Waals surface area (Å²) in [5.41, 5.74) is 1.64. The van der Waals surface area contributed by atoms with Gasteiger partial charge in [-0.15, -0.1) is 0 Å². The highest BCUT2D eigenvalue weighted by Gasteiger charge is 2.17. The lowest BCUT2D eigenvalue weighted by Gasteiger charge is -2.31. The minimum atomic E-state index is -0.349. The third-order valence-electron chi connectivity index (χ3n) is 6.65. The third-order valence-corrected chi connectivity index (χ3v) is 6.65.